The Labute approximate surface area is 134 Å². The number of halogens is 1. The minimum Gasteiger partial charge on any atom is -0.353 e. The second-order valence-electron chi connectivity index (χ2n) is 5.80. The monoisotopic (exact) mass is 310 g/mol. The Morgan fingerprint density at radius 3 is 2.62 bits per heavy atom. The van der Waals surface area contributed by atoms with Gasteiger partial charge < -0.3 is 11.1 Å². The van der Waals surface area contributed by atoms with E-state index in [2.05, 4.69) is 35.6 Å². The number of nitrogens with two attached hydrogens (primary N) is 1. The Hall–Kier alpha value is -1.06. The molecule has 1 amide bonds. The van der Waals surface area contributed by atoms with Gasteiger partial charge in [-0.15, -0.1) is 12.4 Å². The van der Waals surface area contributed by atoms with E-state index in [0.29, 0.717) is 24.9 Å². The third kappa shape index (κ3) is 6.06. The molecule has 2 unspecified atom stereocenters. The van der Waals surface area contributed by atoms with Gasteiger partial charge in [-0.2, -0.15) is 0 Å². The quantitative estimate of drug-likeness (QED) is 0.848. The van der Waals surface area contributed by atoms with Crippen LogP contribution >= 0.6 is 12.4 Å². The molecule has 2 atom stereocenters. The maximum Gasteiger partial charge on any atom is 0.220 e. The molecule has 0 aromatic heterocycles. The Morgan fingerprint density at radius 1 is 1.19 bits per heavy atom. The lowest BCUT2D eigenvalue weighted by Gasteiger charge is -2.32. The van der Waals surface area contributed by atoms with E-state index < -0.39 is 0 Å². The van der Waals surface area contributed by atoms with E-state index in [1.807, 2.05) is 0 Å². The summed E-state index contributed by atoms with van der Waals surface area (Å²) in [5.74, 6) is 0.744. The van der Waals surface area contributed by atoms with Crippen LogP contribution in [-0.4, -0.2) is 18.5 Å². The van der Waals surface area contributed by atoms with Crippen molar-refractivity contribution in [3.63, 3.8) is 0 Å². The molecular weight excluding hydrogens is 284 g/mol. The van der Waals surface area contributed by atoms with Gasteiger partial charge in [-0.1, -0.05) is 43.2 Å². The highest BCUT2D eigenvalue weighted by Gasteiger charge is 2.26. The number of hydrogen-bond donors (Lipinski definition) is 2. The molecule has 0 aliphatic heterocycles. The van der Waals surface area contributed by atoms with Crippen molar-refractivity contribution < 1.29 is 4.79 Å². The minimum absolute atomic E-state index is 0. The molecule has 0 heterocycles. The minimum atomic E-state index is 0. The van der Waals surface area contributed by atoms with Gasteiger partial charge in [0.2, 0.25) is 5.91 Å². The number of rotatable bonds is 6. The first-order chi connectivity index (χ1) is 9.79. The van der Waals surface area contributed by atoms with Crippen LogP contribution in [0.2, 0.25) is 0 Å². The molecule has 1 fully saturated rings. The van der Waals surface area contributed by atoms with Crippen molar-refractivity contribution in [3.05, 3.63) is 35.9 Å². The summed E-state index contributed by atoms with van der Waals surface area (Å²) in [6.45, 7) is 0.589. The standard InChI is InChI=1S/C17H26N2O.ClH/c18-12-6-11-17(20)19-16-10-5-4-9-15(16)13-14-7-2-1-3-8-14;/h1-3,7-8,15-16H,4-6,9-13,18H2,(H,19,20);1H. The molecule has 2 rings (SSSR count). The first kappa shape index (κ1) is 18.0. The van der Waals surface area contributed by atoms with Crippen molar-refractivity contribution >= 4 is 18.3 Å². The van der Waals surface area contributed by atoms with E-state index >= 15 is 0 Å². The molecule has 1 aliphatic rings. The summed E-state index contributed by atoms with van der Waals surface area (Å²) in [7, 11) is 0. The summed E-state index contributed by atoms with van der Waals surface area (Å²) in [5, 5.41) is 3.23. The predicted octanol–water partition coefficient (Wildman–Crippen LogP) is 3.06. The van der Waals surface area contributed by atoms with Crippen molar-refractivity contribution in [2.24, 2.45) is 11.7 Å². The fourth-order valence-corrected chi connectivity index (χ4v) is 3.10. The van der Waals surface area contributed by atoms with Crippen LogP contribution in [0, 0.1) is 5.92 Å². The zero-order chi connectivity index (χ0) is 14.2. The van der Waals surface area contributed by atoms with Gasteiger partial charge in [0.15, 0.2) is 0 Å². The van der Waals surface area contributed by atoms with Crippen molar-refractivity contribution in [1.29, 1.82) is 0 Å². The van der Waals surface area contributed by atoms with Crippen molar-refractivity contribution in [2.45, 2.75) is 51.0 Å². The van der Waals surface area contributed by atoms with Gasteiger partial charge in [-0.3, -0.25) is 4.79 Å². The fraction of sp³-hybridized carbons (Fsp3) is 0.588. The molecule has 0 saturated heterocycles. The van der Waals surface area contributed by atoms with Gasteiger partial charge in [0.1, 0.15) is 0 Å². The smallest absolute Gasteiger partial charge is 0.220 e. The summed E-state index contributed by atoms with van der Waals surface area (Å²) in [5.41, 5.74) is 6.84. The maximum atomic E-state index is 11.9. The lowest BCUT2D eigenvalue weighted by molar-refractivity contribution is -0.122. The van der Waals surface area contributed by atoms with E-state index in [4.69, 9.17) is 5.73 Å². The summed E-state index contributed by atoms with van der Waals surface area (Å²) < 4.78 is 0. The second kappa shape index (κ2) is 9.80. The zero-order valence-electron chi connectivity index (χ0n) is 12.6. The lowest BCUT2D eigenvalue weighted by atomic mass is 9.80. The topological polar surface area (TPSA) is 55.1 Å². The summed E-state index contributed by atoms with van der Waals surface area (Å²) in [4.78, 5) is 11.9. The summed E-state index contributed by atoms with van der Waals surface area (Å²) in [6.07, 6.45) is 7.26. The normalized spacial score (nSPS) is 21.4. The number of benzene rings is 1. The molecule has 3 nitrogen and oxygen atoms in total. The molecule has 3 N–H and O–H groups in total. The zero-order valence-corrected chi connectivity index (χ0v) is 13.4. The molecule has 1 saturated carbocycles. The molecule has 0 bridgehead atoms. The molecule has 1 aromatic carbocycles. The van der Waals surface area contributed by atoms with E-state index in [9.17, 15) is 4.79 Å². The van der Waals surface area contributed by atoms with Crippen LogP contribution < -0.4 is 11.1 Å². The van der Waals surface area contributed by atoms with Crippen molar-refractivity contribution in [1.82, 2.24) is 5.32 Å². The molecule has 0 radical (unpaired) electrons. The van der Waals surface area contributed by atoms with Crippen LogP contribution in [0.25, 0.3) is 0 Å². The van der Waals surface area contributed by atoms with Gasteiger partial charge in [0, 0.05) is 12.5 Å². The Morgan fingerprint density at radius 2 is 1.90 bits per heavy atom. The van der Waals surface area contributed by atoms with Gasteiger partial charge in [0.25, 0.3) is 0 Å². The SMILES string of the molecule is Cl.NCCCC(=O)NC1CCCCC1Cc1ccccc1. The van der Waals surface area contributed by atoms with Gasteiger partial charge >= 0.3 is 0 Å². The number of hydrogen-bond acceptors (Lipinski definition) is 2. The van der Waals surface area contributed by atoms with Crippen LogP contribution in [0.5, 0.6) is 0 Å². The van der Waals surface area contributed by atoms with Gasteiger partial charge in [-0.05, 0) is 43.7 Å². The van der Waals surface area contributed by atoms with Crippen LogP contribution in [0.4, 0.5) is 0 Å². The highest BCUT2D eigenvalue weighted by atomic mass is 35.5. The Balaban J connectivity index is 0.00000220. The first-order valence-corrected chi connectivity index (χ1v) is 7.83. The van der Waals surface area contributed by atoms with Gasteiger partial charge in [-0.25, -0.2) is 0 Å². The van der Waals surface area contributed by atoms with E-state index in [1.54, 1.807) is 0 Å². The second-order valence-corrected chi connectivity index (χ2v) is 5.80. The van der Waals surface area contributed by atoms with E-state index in [0.717, 1.165) is 19.3 Å². The first-order valence-electron chi connectivity index (χ1n) is 7.83. The molecule has 118 valence electrons. The molecule has 1 aromatic rings. The maximum absolute atomic E-state index is 11.9. The van der Waals surface area contributed by atoms with E-state index in [1.165, 1.54) is 24.8 Å². The van der Waals surface area contributed by atoms with Gasteiger partial charge in [0.05, 0.1) is 0 Å². The van der Waals surface area contributed by atoms with Crippen LogP contribution in [0.1, 0.15) is 44.1 Å². The van der Waals surface area contributed by atoms with Crippen molar-refractivity contribution in [2.75, 3.05) is 6.54 Å². The molecular formula is C17H27ClN2O. The third-order valence-corrected chi connectivity index (χ3v) is 4.20. The average Bonchev–Trinajstić information content (AvgIpc) is 2.48. The van der Waals surface area contributed by atoms with Crippen LogP contribution in [0.3, 0.4) is 0 Å². The average molecular weight is 311 g/mol. The number of amides is 1. The molecule has 21 heavy (non-hydrogen) atoms. The highest BCUT2D eigenvalue weighted by molar-refractivity contribution is 5.85. The number of carbonyl (C=O) groups excluding carboxylic acids is 1. The van der Waals surface area contributed by atoms with E-state index in [-0.39, 0.29) is 18.3 Å². The Kier molecular flexibility index (Phi) is 8.40. The number of carbonyl (C=O) groups is 1. The van der Waals surface area contributed by atoms with Crippen molar-refractivity contribution in [3.8, 4) is 0 Å². The fourth-order valence-electron chi connectivity index (χ4n) is 3.10. The molecule has 0 spiro atoms. The highest BCUT2D eigenvalue weighted by Crippen LogP contribution is 2.27. The molecule has 1 aliphatic carbocycles. The van der Waals surface area contributed by atoms with Crippen LogP contribution in [0.15, 0.2) is 30.3 Å². The number of nitrogens with one attached hydrogen (secondary N) is 1. The Bertz CT molecular complexity index is 411. The molecule has 4 heteroatoms. The third-order valence-electron chi connectivity index (χ3n) is 4.20. The summed E-state index contributed by atoms with van der Waals surface area (Å²) >= 11 is 0. The predicted molar refractivity (Wildman–Crippen MR) is 89.6 cm³/mol. The summed E-state index contributed by atoms with van der Waals surface area (Å²) in [6, 6.07) is 10.9. The largest absolute Gasteiger partial charge is 0.353 e. The lowest BCUT2D eigenvalue weighted by Crippen LogP contribution is -2.42. The van der Waals surface area contributed by atoms with Crippen LogP contribution in [-0.2, 0) is 11.2 Å².